The van der Waals surface area contributed by atoms with Gasteiger partial charge in [0.15, 0.2) is 5.82 Å². The minimum atomic E-state index is -0.833. The summed E-state index contributed by atoms with van der Waals surface area (Å²) in [5.74, 6) is -1.31. The number of piperidine rings is 2. The molecule has 2 amide bonds. The Morgan fingerprint density at radius 3 is 2.42 bits per heavy atom. The number of aromatic nitrogens is 2. The van der Waals surface area contributed by atoms with Crippen LogP contribution in [0.1, 0.15) is 80.2 Å². The van der Waals surface area contributed by atoms with Gasteiger partial charge >= 0.3 is 12.1 Å². The number of primary amides is 1. The molecular formula is C27H36N6O5. The predicted molar refractivity (Wildman–Crippen MR) is 141 cm³/mol. The molecule has 2 aliphatic heterocycles. The molecule has 0 saturated carbocycles. The molecule has 2 unspecified atom stereocenters. The SMILES string of the molecule is CC(C)(C)OC(=O)N1CCC(c2ccc(Nc3nc(C(N)=O)cnc3C3CC(C(=O)O)CCN3)cc2)CC1. The molecule has 2 saturated heterocycles. The summed E-state index contributed by atoms with van der Waals surface area (Å²) in [7, 11) is 0. The van der Waals surface area contributed by atoms with Gasteiger partial charge in [-0.15, -0.1) is 0 Å². The Kier molecular flexibility index (Phi) is 8.15. The van der Waals surface area contributed by atoms with Crippen LogP contribution in [0.4, 0.5) is 16.3 Å². The molecule has 0 aliphatic carbocycles. The number of anilines is 2. The molecule has 2 atom stereocenters. The summed E-state index contributed by atoms with van der Waals surface area (Å²) in [5.41, 5.74) is 7.41. The van der Waals surface area contributed by atoms with Gasteiger partial charge in [-0.3, -0.25) is 14.6 Å². The van der Waals surface area contributed by atoms with Crippen LogP contribution >= 0.6 is 0 Å². The number of aliphatic carboxylic acids is 1. The molecule has 1 aromatic carbocycles. The van der Waals surface area contributed by atoms with Crippen LogP contribution in [-0.4, -0.2) is 63.2 Å². The molecule has 204 valence electrons. The molecule has 0 spiro atoms. The average molecular weight is 525 g/mol. The summed E-state index contributed by atoms with van der Waals surface area (Å²) in [6.07, 6.45) is 3.66. The number of benzene rings is 1. The predicted octanol–water partition coefficient (Wildman–Crippen LogP) is 3.56. The third-order valence-corrected chi connectivity index (χ3v) is 6.93. The second-order valence-electron chi connectivity index (χ2n) is 10.9. The maximum Gasteiger partial charge on any atom is 0.410 e. The lowest BCUT2D eigenvalue weighted by atomic mass is 9.89. The van der Waals surface area contributed by atoms with Crippen LogP contribution in [-0.2, 0) is 9.53 Å². The van der Waals surface area contributed by atoms with Crippen molar-refractivity contribution in [2.45, 2.75) is 64.0 Å². The van der Waals surface area contributed by atoms with Crippen molar-refractivity contribution in [3.63, 3.8) is 0 Å². The summed E-state index contributed by atoms with van der Waals surface area (Å²) >= 11 is 0. The number of carbonyl (C=O) groups excluding carboxylic acids is 2. The number of hydrogen-bond donors (Lipinski definition) is 4. The lowest BCUT2D eigenvalue weighted by Gasteiger charge is -2.33. The Balaban J connectivity index is 1.45. The van der Waals surface area contributed by atoms with Crippen molar-refractivity contribution in [3.05, 3.63) is 47.4 Å². The van der Waals surface area contributed by atoms with E-state index in [0.29, 0.717) is 49.9 Å². The first-order chi connectivity index (χ1) is 18.0. The van der Waals surface area contributed by atoms with Gasteiger partial charge in [0.1, 0.15) is 11.3 Å². The molecule has 2 aliphatic rings. The van der Waals surface area contributed by atoms with E-state index >= 15 is 0 Å². The third-order valence-electron chi connectivity index (χ3n) is 6.93. The minimum absolute atomic E-state index is 0.0233. The van der Waals surface area contributed by atoms with Crippen LogP contribution in [0.25, 0.3) is 0 Å². The Morgan fingerprint density at radius 2 is 1.82 bits per heavy atom. The van der Waals surface area contributed by atoms with E-state index in [1.165, 1.54) is 11.8 Å². The number of ether oxygens (including phenoxy) is 1. The standard InChI is InChI=1S/C27H36N6O5/c1-27(2,3)38-26(37)33-12-9-17(10-13-33)16-4-6-19(7-5-16)31-24-22(30-15-21(32-24)23(28)34)20-14-18(25(35)36)8-11-29-20/h4-7,15,17-18,20,29H,8-14H2,1-3H3,(H2,28,34)(H,31,32)(H,35,36). The van der Waals surface area contributed by atoms with Gasteiger partial charge in [-0.2, -0.15) is 0 Å². The van der Waals surface area contributed by atoms with Gasteiger partial charge in [-0.05, 0) is 76.6 Å². The molecular weight excluding hydrogens is 488 g/mol. The Hall–Kier alpha value is -3.73. The van der Waals surface area contributed by atoms with E-state index in [2.05, 4.69) is 20.6 Å². The molecule has 4 rings (SSSR count). The maximum atomic E-state index is 12.4. The van der Waals surface area contributed by atoms with Crippen molar-refractivity contribution >= 4 is 29.5 Å². The van der Waals surface area contributed by atoms with Crippen LogP contribution in [0.5, 0.6) is 0 Å². The first kappa shape index (κ1) is 27.3. The average Bonchev–Trinajstić information content (AvgIpc) is 2.88. The smallest absolute Gasteiger partial charge is 0.410 e. The fraction of sp³-hybridized carbons (Fsp3) is 0.519. The van der Waals surface area contributed by atoms with E-state index in [0.717, 1.165) is 18.5 Å². The topological polar surface area (TPSA) is 160 Å². The summed E-state index contributed by atoms with van der Waals surface area (Å²) in [5, 5.41) is 16.0. The highest BCUT2D eigenvalue weighted by Gasteiger charge is 2.31. The van der Waals surface area contributed by atoms with Gasteiger partial charge in [0.05, 0.1) is 23.9 Å². The van der Waals surface area contributed by atoms with Crippen molar-refractivity contribution in [2.75, 3.05) is 25.0 Å². The quantitative estimate of drug-likeness (QED) is 0.443. The summed E-state index contributed by atoms with van der Waals surface area (Å²) in [6.45, 7) is 7.43. The summed E-state index contributed by atoms with van der Waals surface area (Å²) in [6, 6.07) is 7.64. The third kappa shape index (κ3) is 6.77. The lowest BCUT2D eigenvalue weighted by molar-refractivity contribution is -0.143. The maximum absolute atomic E-state index is 12.4. The van der Waals surface area contributed by atoms with Gasteiger partial charge in [-0.1, -0.05) is 12.1 Å². The van der Waals surface area contributed by atoms with Crippen molar-refractivity contribution in [1.29, 1.82) is 0 Å². The second-order valence-corrected chi connectivity index (χ2v) is 10.9. The van der Waals surface area contributed by atoms with Gasteiger partial charge in [-0.25, -0.2) is 9.78 Å². The molecule has 2 aromatic rings. The molecule has 1 aromatic heterocycles. The number of carbonyl (C=O) groups is 3. The highest BCUT2D eigenvalue weighted by Crippen LogP contribution is 2.33. The number of amides is 2. The van der Waals surface area contributed by atoms with Gasteiger partial charge < -0.3 is 31.1 Å². The Bertz CT molecular complexity index is 1170. The van der Waals surface area contributed by atoms with E-state index in [9.17, 15) is 19.5 Å². The van der Waals surface area contributed by atoms with Crippen LogP contribution in [0.3, 0.4) is 0 Å². The van der Waals surface area contributed by atoms with Gasteiger partial charge in [0.25, 0.3) is 5.91 Å². The molecule has 0 bridgehead atoms. The van der Waals surface area contributed by atoms with Crippen molar-refractivity contribution < 1.29 is 24.2 Å². The highest BCUT2D eigenvalue weighted by molar-refractivity contribution is 5.91. The van der Waals surface area contributed by atoms with Crippen LogP contribution < -0.4 is 16.4 Å². The highest BCUT2D eigenvalue weighted by atomic mass is 16.6. The van der Waals surface area contributed by atoms with E-state index in [1.54, 1.807) is 4.90 Å². The zero-order valence-corrected chi connectivity index (χ0v) is 22.1. The van der Waals surface area contributed by atoms with Crippen LogP contribution in [0.15, 0.2) is 30.5 Å². The summed E-state index contributed by atoms with van der Waals surface area (Å²) in [4.78, 5) is 46.2. The fourth-order valence-corrected chi connectivity index (χ4v) is 4.91. The molecule has 5 N–H and O–H groups in total. The van der Waals surface area contributed by atoms with Crippen molar-refractivity contribution in [1.82, 2.24) is 20.2 Å². The minimum Gasteiger partial charge on any atom is -0.481 e. The zero-order chi connectivity index (χ0) is 27.4. The van der Waals surface area contributed by atoms with Crippen LogP contribution in [0.2, 0.25) is 0 Å². The number of nitrogens with two attached hydrogens (primary N) is 1. The lowest BCUT2D eigenvalue weighted by Crippen LogP contribution is -2.41. The molecule has 2 fully saturated rings. The van der Waals surface area contributed by atoms with Gasteiger partial charge in [0, 0.05) is 18.8 Å². The molecule has 38 heavy (non-hydrogen) atoms. The van der Waals surface area contributed by atoms with E-state index in [4.69, 9.17) is 10.5 Å². The van der Waals surface area contributed by atoms with Crippen molar-refractivity contribution in [3.8, 4) is 0 Å². The molecule has 3 heterocycles. The molecule has 11 heteroatoms. The Labute approximate surface area is 222 Å². The number of rotatable bonds is 6. The van der Waals surface area contributed by atoms with Gasteiger partial charge in [0.2, 0.25) is 0 Å². The number of hydrogen-bond acceptors (Lipinski definition) is 8. The first-order valence-electron chi connectivity index (χ1n) is 13.0. The fourth-order valence-electron chi connectivity index (χ4n) is 4.91. The summed E-state index contributed by atoms with van der Waals surface area (Å²) < 4.78 is 5.49. The largest absolute Gasteiger partial charge is 0.481 e. The Morgan fingerprint density at radius 1 is 1.13 bits per heavy atom. The van der Waals surface area contributed by atoms with E-state index in [1.807, 2.05) is 45.0 Å². The number of carboxylic acids is 1. The van der Waals surface area contributed by atoms with E-state index < -0.39 is 23.4 Å². The molecule has 0 radical (unpaired) electrons. The first-order valence-corrected chi connectivity index (χ1v) is 13.0. The monoisotopic (exact) mass is 524 g/mol. The number of nitrogens with one attached hydrogen (secondary N) is 2. The number of carboxylic acid groups (broad SMARTS) is 1. The second kappa shape index (κ2) is 11.3. The van der Waals surface area contributed by atoms with Crippen molar-refractivity contribution in [2.24, 2.45) is 11.7 Å². The van der Waals surface area contributed by atoms with Crippen LogP contribution in [0, 0.1) is 5.92 Å². The number of likely N-dealkylation sites (tertiary alicyclic amines) is 1. The number of nitrogens with zero attached hydrogens (tertiary/aromatic N) is 3. The normalized spacial score (nSPS) is 20.6. The molecule has 11 nitrogen and oxygen atoms in total. The zero-order valence-electron chi connectivity index (χ0n) is 22.1. The van der Waals surface area contributed by atoms with E-state index in [-0.39, 0.29) is 17.8 Å².